The number of halogens is 3. The Morgan fingerprint density at radius 2 is 1.95 bits per heavy atom. The molecule has 1 aliphatic carbocycles. The van der Waals surface area contributed by atoms with Gasteiger partial charge in [0.15, 0.2) is 9.84 Å². The fourth-order valence-corrected chi connectivity index (χ4v) is 3.08. The molecule has 0 saturated heterocycles. The van der Waals surface area contributed by atoms with Crippen molar-refractivity contribution >= 4 is 9.84 Å². The van der Waals surface area contributed by atoms with Crippen molar-refractivity contribution in [1.29, 1.82) is 0 Å². The van der Waals surface area contributed by atoms with Crippen molar-refractivity contribution in [3.63, 3.8) is 0 Å². The zero-order valence-electron chi connectivity index (χ0n) is 11.7. The predicted octanol–water partition coefficient (Wildman–Crippen LogP) is 3.49. The molecule has 2 rings (SSSR count). The van der Waals surface area contributed by atoms with E-state index >= 15 is 0 Å². The van der Waals surface area contributed by atoms with Gasteiger partial charge in [-0.25, -0.2) is 8.42 Å². The highest BCUT2D eigenvalue weighted by molar-refractivity contribution is 7.90. The lowest BCUT2D eigenvalue weighted by Crippen LogP contribution is -2.21. The van der Waals surface area contributed by atoms with E-state index in [2.05, 4.69) is 4.98 Å². The molecular weight excluding hydrogens is 303 g/mol. The number of nitrogens with zero attached hydrogens (tertiary/aromatic N) is 1. The van der Waals surface area contributed by atoms with Crippen LogP contribution in [0.2, 0.25) is 0 Å². The van der Waals surface area contributed by atoms with Crippen molar-refractivity contribution in [3.8, 4) is 0 Å². The van der Waals surface area contributed by atoms with Crippen molar-refractivity contribution < 1.29 is 21.6 Å². The Labute approximate surface area is 121 Å². The van der Waals surface area contributed by atoms with Gasteiger partial charge >= 0.3 is 6.18 Å². The number of pyridine rings is 1. The van der Waals surface area contributed by atoms with Crippen LogP contribution in [0.1, 0.15) is 31.4 Å². The molecule has 116 valence electrons. The number of allylic oxidation sites excluding steroid dienone is 2. The van der Waals surface area contributed by atoms with Crippen LogP contribution in [-0.4, -0.2) is 25.8 Å². The zero-order valence-corrected chi connectivity index (χ0v) is 12.5. The third-order valence-corrected chi connectivity index (χ3v) is 4.66. The molecule has 1 heterocycles. The van der Waals surface area contributed by atoms with Gasteiger partial charge in [-0.1, -0.05) is 13.0 Å². The van der Waals surface area contributed by atoms with Crippen LogP contribution in [0.5, 0.6) is 0 Å². The maximum Gasteiger partial charge on any atom is 0.412 e. The quantitative estimate of drug-likeness (QED) is 0.784. The number of hydrogen-bond acceptors (Lipinski definition) is 3. The zero-order chi connectivity index (χ0) is 15.8. The average Bonchev–Trinajstić information content (AvgIpc) is 2.36. The molecule has 0 aromatic carbocycles. The smallest absolute Gasteiger partial charge is 0.259 e. The summed E-state index contributed by atoms with van der Waals surface area (Å²) in [5, 5.41) is 0. The number of hydrogen-bond donors (Lipinski definition) is 0. The molecule has 0 N–H and O–H groups in total. The van der Waals surface area contributed by atoms with E-state index in [9.17, 15) is 21.6 Å². The van der Waals surface area contributed by atoms with Crippen LogP contribution in [0.4, 0.5) is 13.2 Å². The summed E-state index contributed by atoms with van der Waals surface area (Å²) >= 11 is 0. The van der Waals surface area contributed by atoms with E-state index in [0.717, 1.165) is 6.26 Å². The minimum absolute atomic E-state index is 0.0153. The lowest BCUT2D eigenvalue weighted by atomic mass is 9.81. The lowest BCUT2D eigenvalue weighted by Gasteiger charge is -2.27. The van der Waals surface area contributed by atoms with Gasteiger partial charge < -0.3 is 0 Å². The highest BCUT2D eigenvalue weighted by atomic mass is 32.2. The summed E-state index contributed by atoms with van der Waals surface area (Å²) in [7, 11) is -3.35. The molecule has 7 heteroatoms. The first-order chi connectivity index (χ1) is 9.57. The first-order valence-electron chi connectivity index (χ1n) is 6.51. The molecule has 21 heavy (non-hydrogen) atoms. The van der Waals surface area contributed by atoms with Crippen molar-refractivity contribution in [1.82, 2.24) is 4.98 Å². The van der Waals surface area contributed by atoms with Crippen LogP contribution in [0.3, 0.4) is 0 Å². The Hall–Kier alpha value is -1.37. The van der Waals surface area contributed by atoms with Crippen LogP contribution in [0.15, 0.2) is 34.9 Å². The third-order valence-electron chi connectivity index (χ3n) is 3.56. The Balaban J connectivity index is 2.33. The molecule has 1 aliphatic rings. The van der Waals surface area contributed by atoms with E-state index in [1.807, 2.05) is 0 Å². The number of sulfone groups is 1. The molecule has 1 aromatic heterocycles. The minimum atomic E-state index is -4.32. The largest absolute Gasteiger partial charge is 0.412 e. The fourth-order valence-electron chi connectivity index (χ4n) is 2.52. The van der Waals surface area contributed by atoms with E-state index in [0.29, 0.717) is 12.1 Å². The van der Waals surface area contributed by atoms with E-state index in [1.165, 1.54) is 24.4 Å². The second kappa shape index (κ2) is 5.44. The predicted molar refractivity (Wildman–Crippen MR) is 72.6 cm³/mol. The SMILES string of the molecule is CC1CC(C(F)(F)F)=CC(c2ccc(S(C)(=O)=O)cn2)C1. The van der Waals surface area contributed by atoms with Crippen molar-refractivity contribution in [2.24, 2.45) is 5.92 Å². The van der Waals surface area contributed by atoms with E-state index in [1.54, 1.807) is 6.92 Å². The molecule has 2 unspecified atom stereocenters. The van der Waals surface area contributed by atoms with Crippen molar-refractivity contribution in [3.05, 3.63) is 35.7 Å². The minimum Gasteiger partial charge on any atom is -0.259 e. The Bertz CT molecular complexity index is 648. The topological polar surface area (TPSA) is 47.0 Å². The molecule has 0 radical (unpaired) electrons. The highest BCUT2D eigenvalue weighted by Gasteiger charge is 2.37. The fraction of sp³-hybridized carbons (Fsp3) is 0.500. The summed E-state index contributed by atoms with van der Waals surface area (Å²) in [6, 6.07) is 2.88. The molecule has 3 nitrogen and oxygen atoms in total. The van der Waals surface area contributed by atoms with Gasteiger partial charge in [0.2, 0.25) is 0 Å². The normalized spacial score (nSPS) is 23.8. The molecule has 0 bridgehead atoms. The Kier molecular flexibility index (Phi) is 4.15. The molecule has 2 atom stereocenters. The van der Waals surface area contributed by atoms with E-state index in [4.69, 9.17) is 0 Å². The molecule has 0 fully saturated rings. The van der Waals surface area contributed by atoms with Crippen LogP contribution in [0.25, 0.3) is 0 Å². The summed E-state index contributed by atoms with van der Waals surface area (Å²) < 4.78 is 61.3. The number of aromatic nitrogens is 1. The van der Waals surface area contributed by atoms with E-state index < -0.39 is 27.5 Å². The Morgan fingerprint density at radius 3 is 2.43 bits per heavy atom. The van der Waals surface area contributed by atoms with Gasteiger partial charge in [-0.3, -0.25) is 4.98 Å². The maximum absolute atomic E-state index is 12.9. The molecule has 0 saturated carbocycles. The molecule has 0 aliphatic heterocycles. The average molecular weight is 319 g/mol. The van der Waals surface area contributed by atoms with Gasteiger partial charge in [0.05, 0.1) is 4.90 Å². The Morgan fingerprint density at radius 1 is 1.29 bits per heavy atom. The van der Waals surface area contributed by atoms with Gasteiger partial charge in [-0.2, -0.15) is 13.2 Å². The molecule has 0 spiro atoms. The molecule has 0 amide bonds. The first kappa shape index (κ1) is 16.0. The third kappa shape index (κ3) is 3.84. The van der Waals surface area contributed by atoms with Crippen molar-refractivity contribution in [2.45, 2.75) is 36.8 Å². The second-order valence-corrected chi connectivity index (χ2v) is 7.55. The van der Waals surface area contributed by atoms with Gasteiger partial charge in [0.25, 0.3) is 0 Å². The van der Waals surface area contributed by atoms with Crippen molar-refractivity contribution in [2.75, 3.05) is 6.26 Å². The van der Waals surface area contributed by atoms with Gasteiger partial charge in [-0.05, 0) is 30.9 Å². The van der Waals surface area contributed by atoms with Gasteiger partial charge in [0.1, 0.15) is 0 Å². The summed E-state index contributed by atoms with van der Waals surface area (Å²) in [6.07, 6.45) is -0.257. The second-order valence-electron chi connectivity index (χ2n) is 5.53. The highest BCUT2D eigenvalue weighted by Crippen LogP contribution is 2.40. The van der Waals surface area contributed by atoms with Crippen LogP contribution < -0.4 is 0 Å². The van der Waals surface area contributed by atoms with Gasteiger partial charge in [-0.15, -0.1) is 0 Å². The van der Waals surface area contributed by atoms with Crippen LogP contribution >= 0.6 is 0 Å². The lowest BCUT2D eigenvalue weighted by molar-refractivity contribution is -0.0966. The standard InChI is InChI=1S/C14H16F3NO2S/c1-9-5-10(7-11(6-9)14(15,16)17)13-4-3-12(8-18-13)21(2,19)20/h3-4,7-10H,5-6H2,1-2H3. The number of rotatable bonds is 2. The summed E-state index contributed by atoms with van der Waals surface area (Å²) in [4.78, 5) is 4.09. The van der Waals surface area contributed by atoms with E-state index in [-0.39, 0.29) is 17.2 Å². The number of alkyl halides is 3. The monoisotopic (exact) mass is 319 g/mol. The summed E-state index contributed by atoms with van der Waals surface area (Å²) in [6.45, 7) is 1.77. The molecular formula is C14H16F3NO2S. The van der Waals surface area contributed by atoms with Crippen LogP contribution in [-0.2, 0) is 9.84 Å². The van der Waals surface area contributed by atoms with Crippen LogP contribution in [0, 0.1) is 5.92 Å². The maximum atomic E-state index is 12.9. The van der Waals surface area contributed by atoms with Gasteiger partial charge in [0, 0.05) is 29.6 Å². The molecule has 1 aromatic rings. The summed E-state index contributed by atoms with van der Waals surface area (Å²) in [5.41, 5.74) is -0.0593. The summed E-state index contributed by atoms with van der Waals surface area (Å²) in [5.74, 6) is -0.521. The first-order valence-corrected chi connectivity index (χ1v) is 8.40.